The van der Waals surface area contributed by atoms with E-state index in [0.717, 1.165) is 11.3 Å². The van der Waals surface area contributed by atoms with Crippen molar-refractivity contribution in [2.75, 3.05) is 7.11 Å². The molecule has 110 valence electrons. The molecular formula is C17H15N3O2. The number of nitrogens with one attached hydrogen (secondary N) is 1. The summed E-state index contributed by atoms with van der Waals surface area (Å²) in [5.74, 6) is 2.03. The Morgan fingerprint density at radius 3 is 2.77 bits per heavy atom. The standard InChI is InChI=1S/C17H15N3O2/c1-22-13-6-4-5-12(11-13)9-10-16-18-17(20-19-16)14-7-2-3-8-15(14)21/h2-11,21H,1H3,(H,18,19,20)/b10-9+. The van der Waals surface area contributed by atoms with Crippen LogP contribution in [0, 0.1) is 0 Å². The van der Waals surface area contributed by atoms with Gasteiger partial charge in [0.15, 0.2) is 5.82 Å². The molecule has 0 spiro atoms. The molecule has 22 heavy (non-hydrogen) atoms. The molecule has 0 aliphatic carbocycles. The van der Waals surface area contributed by atoms with Crippen LogP contribution in [0.2, 0.25) is 0 Å². The van der Waals surface area contributed by atoms with Gasteiger partial charge in [-0.25, -0.2) is 4.98 Å². The highest BCUT2D eigenvalue weighted by Crippen LogP contribution is 2.25. The van der Waals surface area contributed by atoms with Crippen molar-refractivity contribution in [2.24, 2.45) is 0 Å². The Morgan fingerprint density at radius 2 is 1.95 bits per heavy atom. The summed E-state index contributed by atoms with van der Waals surface area (Å²) in [6, 6.07) is 14.7. The van der Waals surface area contributed by atoms with E-state index >= 15 is 0 Å². The molecule has 3 rings (SSSR count). The summed E-state index contributed by atoms with van der Waals surface area (Å²) in [4.78, 5) is 4.35. The maximum atomic E-state index is 9.81. The van der Waals surface area contributed by atoms with Crippen LogP contribution in [-0.2, 0) is 0 Å². The molecule has 1 heterocycles. The molecule has 0 aliphatic rings. The number of aromatic amines is 1. The highest BCUT2D eigenvalue weighted by Gasteiger charge is 2.08. The van der Waals surface area contributed by atoms with Crippen molar-refractivity contribution in [1.29, 1.82) is 0 Å². The van der Waals surface area contributed by atoms with Gasteiger partial charge in [0.25, 0.3) is 0 Å². The van der Waals surface area contributed by atoms with Crippen molar-refractivity contribution in [2.45, 2.75) is 0 Å². The summed E-state index contributed by atoms with van der Waals surface area (Å²) in [6.07, 6.45) is 3.74. The van der Waals surface area contributed by atoms with Crippen molar-refractivity contribution in [3.05, 3.63) is 59.9 Å². The van der Waals surface area contributed by atoms with E-state index in [9.17, 15) is 5.11 Å². The number of phenols is 1. The van der Waals surface area contributed by atoms with E-state index in [1.165, 1.54) is 0 Å². The molecule has 3 aromatic rings. The molecule has 0 atom stereocenters. The van der Waals surface area contributed by atoms with Gasteiger partial charge in [-0.3, -0.25) is 5.10 Å². The SMILES string of the molecule is COc1cccc(/C=C/c2nc(-c3ccccc3O)n[nH]2)c1. The molecule has 5 nitrogen and oxygen atoms in total. The van der Waals surface area contributed by atoms with Gasteiger partial charge in [0.05, 0.1) is 12.7 Å². The minimum atomic E-state index is 0.157. The Balaban J connectivity index is 1.82. The summed E-state index contributed by atoms with van der Waals surface area (Å²) in [5.41, 5.74) is 1.60. The van der Waals surface area contributed by atoms with Crippen LogP contribution in [0.1, 0.15) is 11.4 Å². The Bertz CT molecular complexity index is 809. The smallest absolute Gasteiger partial charge is 0.185 e. The fourth-order valence-electron chi connectivity index (χ4n) is 2.05. The van der Waals surface area contributed by atoms with E-state index in [2.05, 4.69) is 15.2 Å². The Hall–Kier alpha value is -3.08. The van der Waals surface area contributed by atoms with Crippen LogP contribution >= 0.6 is 0 Å². The van der Waals surface area contributed by atoms with Crippen molar-refractivity contribution >= 4 is 12.2 Å². The van der Waals surface area contributed by atoms with Crippen LogP contribution < -0.4 is 4.74 Å². The zero-order valence-corrected chi connectivity index (χ0v) is 12.0. The van der Waals surface area contributed by atoms with Gasteiger partial charge in [0.2, 0.25) is 0 Å². The van der Waals surface area contributed by atoms with Crippen LogP contribution in [0.5, 0.6) is 11.5 Å². The molecule has 0 amide bonds. The van der Waals surface area contributed by atoms with E-state index in [-0.39, 0.29) is 5.75 Å². The van der Waals surface area contributed by atoms with E-state index in [1.807, 2.05) is 42.5 Å². The van der Waals surface area contributed by atoms with Gasteiger partial charge < -0.3 is 9.84 Å². The monoisotopic (exact) mass is 293 g/mol. The zero-order chi connectivity index (χ0) is 15.4. The molecule has 0 fully saturated rings. The molecule has 5 heteroatoms. The van der Waals surface area contributed by atoms with Gasteiger partial charge in [0.1, 0.15) is 17.3 Å². The fraction of sp³-hybridized carbons (Fsp3) is 0.0588. The number of ether oxygens (including phenoxy) is 1. The van der Waals surface area contributed by atoms with Crippen molar-refractivity contribution in [3.63, 3.8) is 0 Å². The second kappa shape index (κ2) is 6.13. The van der Waals surface area contributed by atoms with Crippen molar-refractivity contribution in [1.82, 2.24) is 15.2 Å². The lowest BCUT2D eigenvalue weighted by molar-refractivity contribution is 0.414. The maximum Gasteiger partial charge on any atom is 0.185 e. The average molecular weight is 293 g/mol. The normalized spacial score (nSPS) is 11.0. The minimum absolute atomic E-state index is 0.157. The molecule has 0 saturated heterocycles. The second-order valence-electron chi connectivity index (χ2n) is 4.67. The number of hydrogen-bond acceptors (Lipinski definition) is 4. The van der Waals surface area contributed by atoms with Gasteiger partial charge in [-0.15, -0.1) is 0 Å². The minimum Gasteiger partial charge on any atom is -0.507 e. The number of methoxy groups -OCH3 is 1. The van der Waals surface area contributed by atoms with Crippen LogP contribution in [0.4, 0.5) is 0 Å². The van der Waals surface area contributed by atoms with Gasteiger partial charge in [-0.2, -0.15) is 5.10 Å². The lowest BCUT2D eigenvalue weighted by atomic mass is 10.2. The fourth-order valence-corrected chi connectivity index (χ4v) is 2.05. The van der Waals surface area contributed by atoms with Gasteiger partial charge in [-0.1, -0.05) is 30.3 Å². The number of phenolic OH excluding ortho intramolecular Hbond substituents is 1. The van der Waals surface area contributed by atoms with Crippen molar-refractivity contribution in [3.8, 4) is 22.9 Å². The van der Waals surface area contributed by atoms with Gasteiger partial charge >= 0.3 is 0 Å². The topological polar surface area (TPSA) is 71.0 Å². The molecule has 2 N–H and O–H groups in total. The highest BCUT2D eigenvalue weighted by molar-refractivity contribution is 5.69. The van der Waals surface area contributed by atoms with Crippen LogP contribution in [-0.4, -0.2) is 27.4 Å². The summed E-state index contributed by atoms with van der Waals surface area (Å²) in [5, 5.41) is 16.8. The predicted molar refractivity (Wildman–Crippen MR) is 85.4 cm³/mol. The first-order valence-corrected chi connectivity index (χ1v) is 6.79. The van der Waals surface area contributed by atoms with Crippen LogP contribution in [0.15, 0.2) is 48.5 Å². The number of aromatic hydroxyl groups is 1. The summed E-state index contributed by atoms with van der Waals surface area (Å²) in [6.45, 7) is 0. The molecule has 0 saturated carbocycles. The first-order valence-electron chi connectivity index (χ1n) is 6.79. The number of benzene rings is 2. The Kier molecular flexibility index (Phi) is 3.87. The molecular weight excluding hydrogens is 278 g/mol. The first kappa shape index (κ1) is 13.9. The third-order valence-corrected chi connectivity index (χ3v) is 3.18. The molecule has 1 aromatic heterocycles. The number of H-pyrrole nitrogens is 1. The molecule has 0 unspecified atom stereocenters. The molecule has 0 radical (unpaired) electrons. The number of hydrogen-bond donors (Lipinski definition) is 2. The third-order valence-electron chi connectivity index (χ3n) is 3.18. The van der Waals surface area contributed by atoms with Crippen LogP contribution in [0.25, 0.3) is 23.5 Å². The number of aromatic nitrogens is 3. The van der Waals surface area contributed by atoms with Gasteiger partial charge in [0, 0.05) is 0 Å². The van der Waals surface area contributed by atoms with E-state index in [1.54, 1.807) is 25.3 Å². The molecule has 0 bridgehead atoms. The lowest BCUT2D eigenvalue weighted by Gasteiger charge is -1.99. The quantitative estimate of drug-likeness (QED) is 0.773. The second-order valence-corrected chi connectivity index (χ2v) is 4.67. The average Bonchev–Trinajstić information content (AvgIpc) is 3.02. The Morgan fingerprint density at radius 1 is 1.09 bits per heavy atom. The predicted octanol–water partition coefficient (Wildman–Crippen LogP) is 3.36. The Labute approximate surface area is 127 Å². The zero-order valence-electron chi connectivity index (χ0n) is 12.0. The summed E-state index contributed by atoms with van der Waals surface area (Å²) >= 11 is 0. The van der Waals surface area contributed by atoms with E-state index < -0.39 is 0 Å². The van der Waals surface area contributed by atoms with Crippen LogP contribution in [0.3, 0.4) is 0 Å². The molecule has 0 aliphatic heterocycles. The third kappa shape index (κ3) is 2.98. The van der Waals surface area contributed by atoms with Gasteiger partial charge in [-0.05, 0) is 35.9 Å². The highest BCUT2D eigenvalue weighted by atomic mass is 16.5. The number of nitrogens with zero attached hydrogens (tertiary/aromatic N) is 2. The van der Waals surface area contributed by atoms with Crippen molar-refractivity contribution < 1.29 is 9.84 Å². The van der Waals surface area contributed by atoms with E-state index in [0.29, 0.717) is 17.2 Å². The maximum absolute atomic E-state index is 9.81. The lowest BCUT2D eigenvalue weighted by Crippen LogP contribution is -1.82. The first-order chi connectivity index (χ1) is 10.8. The summed E-state index contributed by atoms with van der Waals surface area (Å²) in [7, 11) is 1.64. The summed E-state index contributed by atoms with van der Waals surface area (Å²) < 4.78 is 5.18. The molecule has 2 aromatic carbocycles. The number of rotatable bonds is 4. The van der Waals surface area contributed by atoms with E-state index in [4.69, 9.17) is 4.74 Å². The number of para-hydroxylation sites is 1. The largest absolute Gasteiger partial charge is 0.507 e.